The van der Waals surface area contributed by atoms with E-state index >= 15 is 0 Å². The molecule has 1 aromatic heterocycles. The molecule has 0 saturated heterocycles. The van der Waals surface area contributed by atoms with Gasteiger partial charge in [-0.15, -0.1) is 0 Å². The van der Waals surface area contributed by atoms with Gasteiger partial charge in [0.2, 0.25) is 0 Å². The van der Waals surface area contributed by atoms with E-state index in [1.807, 2.05) is 0 Å². The van der Waals surface area contributed by atoms with Crippen LogP contribution in [0.15, 0.2) is 24.3 Å². The van der Waals surface area contributed by atoms with Gasteiger partial charge in [0.05, 0.1) is 5.52 Å². The molecule has 1 N–H and O–H groups in total. The minimum atomic E-state index is 0.0967. The van der Waals surface area contributed by atoms with Crippen LogP contribution in [-0.4, -0.2) is 11.5 Å². The third kappa shape index (κ3) is 3.12. The van der Waals surface area contributed by atoms with Crippen molar-refractivity contribution in [3.63, 3.8) is 0 Å². The Kier molecular flexibility index (Phi) is 4.32. The van der Waals surface area contributed by atoms with Gasteiger partial charge in [-0.3, -0.25) is 0 Å². The lowest BCUT2D eigenvalue weighted by Crippen LogP contribution is -2.16. The maximum Gasteiger partial charge on any atom is 0.130 e. The Morgan fingerprint density at radius 3 is 2.45 bits per heavy atom. The molecule has 2 heteroatoms. The normalized spacial score (nSPS) is 11.8. The number of hydrogen-bond acceptors (Lipinski definition) is 2. The molecule has 108 valence electrons. The van der Waals surface area contributed by atoms with E-state index in [1.54, 1.807) is 0 Å². The van der Waals surface area contributed by atoms with Crippen LogP contribution in [0.25, 0.3) is 10.9 Å². The van der Waals surface area contributed by atoms with Crippen LogP contribution in [0.3, 0.4) is 0 Å². The largest absolute Gasteiger partial charge is 0.370 e. The van der Waals surface area contributed by atoms with Gasteiger partial charge < -0.3 is 5.32 Å². The molecule has 0 aliphatic heterocycles. The minimum Gasteiger partial charge on any atom is -0.370 e. The van der Waals surface area contributed by atoms with Gasteiger partial charge in [0, 0.05) is 17.5 Å². The van der Waals surface area contributed by atoms with Crippen molar-refractivity contribution >= 4 is 16.7 Å². The molecule has 1 heterocycles. The summed E-state index contributed by atoms with van der Waals surface area (Å²) >= 11 is 0. The Balaban J connectivity index is 2.59. The number of anilines is 1. The van der Waals surface area contributed by atoms with Gasteiger partial charge in [-0.05, 0) is 42.5 Å². The summed E-state index contributed by atoms with van der Waals surface area (Å²) < 4.78 is 0. The number of rotatable bonds is 4. The Bertz CT molecular complexity index is 594. The number of nitrogens with one attached hydrogen (secondary N) is 1. The number of benzene rings is 1. The van der Waals surface area contributed by atoms with Gasteiger partial charge in [-0.25, -0.2) is 4.98 Å². The second-order valence-corrected chi connectivity index (χ2v) is 6.44. The molecule has 2 aromatic rings. The fourth-order valence-corrected chi connectivity index (χ4v) is 2.54. The first-order valence-electron chi connectivity index (χ1n) is 7.63. The first-order valence-corrected chi connectivity index (χ1v) is 7.63. The van der Waals surface area contributed by atoms with Gasteiger partial charge in [0.15, 0.2) is 0 Å². The number of hydrogen-bond donors (Lipinski definition) is 1. The molecule has 1 aromatic carbocycles. The van der Waals surface area contributed by atoms with Crippen molar-refractivity contribution in [1.29, 1.82) is 0 Å². The monoisotopic (exact) mass is 270 g/mol. The molecule has 0 fully saturated rings. The number of aryl methyl sites for hydroxylation is 1. The topological polar surface area (TPSA) is 24.9 Å². The Morgan fingerprint density at radius 1 is 1.10 bits per heavy atom. The Morgan fingerprint density at radius 2 is 1.85 bits per heavy atom. The van der Waals surface area contributed by atoms with Crippen LogP contribution in [0.1, 0.15) is 52.2 Å². The molecule has 0 atom stereocenters. The molecule has 0 bridgehead atoms. The van der Waals surface area contributed by atoms with Crippen LogP contribution < -0.4 is 5.32 Å². The lowest BCUT2D eigenvalue weighted by Gasteiger charge is -2.23. The first kappa shape index (κ1) is 14.8. The fraction of sp³-hybridized carbons (Fsp3) is 0.500. The molecule has 0 aliphatic rings. The lowest BCUT2D eigenvalue weighted by molar-refractivity contribution is 0.590. The molecule has 0 spiro atoms. The van der Waals surface area contributed by atoms with Crippen molar-refractivity contribution in [2.75, 3.05) is 11.9 Å². The highest BCUT2D eigenvalue weighted by atomic mass is 15.0. The molecular weight excluding hydrogens is 244 g/mol. The van der Waals surface area contributed by atoms with Crippen LogP contribution in [0.5, 0.6) is 0 Å². The molecule has 0 saturated carbocycles. The van der Waals surface area contributed by atoms with E-state index in [2.05, 4.69) is 64.2 Å². The van der Waals surface area contributed by atoms with E-state index in [-0.39, 0.29) is 5.41 Å². The maximum absolute atomic E-state index is 4.82. The Labute approximate surface area is 122 Å². The summed E-state index contributed by atoms with van der Waals surface area (Å²) in [6.45, 7) is 12.0. The predicted octanol–water partition coefficient (Wildman–Crippen LogP) is 4.92. The van der Waals surface area contributed by atoms with Crippen LogP contribution in [0, 0.1) is 0 Å². The van der Waals surface area contributed by atoms with Crippen LogP contribution in [-0.2, 0) is 11.8 Å². The minimum absolute atomic E-state index is 0.0967. The number of nitrogens with zero attached hydrogens (tertiary/aromatic N) is 1. The zero-order chi connectivity index (χ0) is 14.8. The summed E-state index contributed by atoms with van der Waals surface area (Å²) in [6.07, 6.45) is 2.32. The predicted molar refractivity (Wildman–Crippen MR) is 88.6 cm³/mol. The number of pyridine rings is 1. The van der Waals surface area contributed by atoms with Crippen LogP contribution in [0.4, 0.5) is 5.82 Å². The van der Waals surface area contributed by atoms with E-state index in [0.29, 0.717) is 0 Å². The average Bonchev–Trinajstić information content (AvgIpc) is 2.38. The standard InChI is InChI=1S/C18H26N2/c1-6-8-13-9-10-16-14(11-13)12-15(18(3,4)5)17(20-16)19-7-2/h9-12H,6-8H2,1-5H3,(H,19,20). The highest BCUT2D eigenvalue weighted by Crippen LogP contribution is 2.31. The third-order valence-corrected chi connectivity index (χ3v) is 3.57. The molecule has 2 rings (SSSR count). The lowest BCUT2D eigenvalue weighted by atomic mass is 9.86. The van der Waals surface area contributed by atoms with E-state index in [1.165, 1.54) is 22.9 Å². The van der Waals surface area contributed by atoms with Gasteiger partial charge in [0.25, 0.3) is 0 Å². The van der Waals surface area contributed by atoms with Crippen molar-refractivity contribution < 1.29 is 0 Å². The molecule has 0 amide bonds. The summed E-state index contributed by atoms with van der Waals surface area (Å²) in [7, 11) is 0. The summed E-state index contributed by atoms with van der Waals surface area (Å²) in [5, 5.41) is 4.66. The van der Waals surface area contributed by atoms with E-state index in [9.17, 15) is 0 Å². The summed E-state index contributed by atoms with van der Waals surface area (Å²) in [4.78, 5) is 4.82. The number of aromatic nitrogens is 1. The number of fused-ring (bicyclic) bond motifs is 1. The fourth-order valence-electron chi connectivity index (χ4n) is 2.54. The molecule has 0 aliphatic carbocycles. The molecule has 0 radical (unpaired) electrons. The van der Waals surface area contributed by atoms with Crippen molar-refractivity contribution in [3.8, 4) is 0 Å². The zero-order valence-electron chi connectivity index (χ0n) is 13.4. The summed E-state index contributed by atoms with van der Waals surface area (Å²) in [6, 6.07) is 8.94. The van der Waals surface area contributed by atoms with Gasteiger partial charge in [-0.2, -0.15) is 0 Å². The van der Waals surface area contributed by atoms with E-state index in [0.717, 1.165) is 24.3 Å². The van der Waals surface area contributed by atoms with Crippen LogP contribution in [0.2, 0.25) is 0 Å². The van der Waals surface area contributed by atoms with E-state index in [4.69, 9.17) is 4.98 Å². The highest BCUT2D eigenvalue weighted by Gasteiger charge is 2.19. The molecular formula is C18H26N2. The smallest absolute Gasteiger partial charge is 0.130 e. The van der Waals surface area contributed by atoms with Crippen molar-refractivity contribution in [2.24, 2.45) is 0 Å². The second-order valence-electron chi connectivity index (χ2n) is 6.44. The van der Waals surface area contributed by atoms with Crippen molar-refractivity contribution in [1.82, 2.24) is 4.98 Å². The molecule has 20 heavy (non-hydrogen) atoms. The summed E-state index contributed by atoms with van der Waals surface area (Å²) in [5.41, 5.74) is 3.87. The van der Waals surface area contributed by atoms with Crippen LogP contribution >= 0.6 is 0 Å². The quantitative estimate of drug-likeness (QED) is 0.853. The molecule has 0 unspecified atom stereocenters. The highest BCUT2D eigenvalue weighted by molar-refractivity contribution is 5.83. The van der Waals surface area contributed by atoms with E-state index < -0.39 is 0 Å². The van der Waals surface area contributed by atoms with Crippen molar-refractivity contribution in [3.05, 3.63) is 35.4 Å². The maximum atomic E-state index is 4.82. The SMILES string of the molecule is CCCc1ccc2nc(NCC)c(C(C)(C)C)cc2c1. The van der Waals surface area contributed by atoms with Crippen molar-refractivity contribution in [2.45, 2.75) is 52.9 Å². The Hall–Kier alpha value is -1.57. The van der Waals surface area contributed by atoms with Gasteiger partial charge in [0.1, 0.15) is 5.82 Å². The molecule has 2 nitrogen and oxygen atoms in total. The average molecular weight is 270 g/mol. The second kappa shape index (κ2) is 5.82. The van der Waals surface area contributed by atoms with Gasteiger partial charge in [-0.1, -0.05) is 40.2 Å². The third-order valence-electron chi connectivity index (χ3n) is 3.57. The zero-order valence-corrected chi connectivity index (χ0v) is 13.4. The summed E-state index contributed by atoms with van der Waals surface area (Å²) in [5.74, 6) is 1.02. The van der Waals surface area contributed by atoms with Gasteiger partial charge >= 0.3 is 0 Å². The first-order chi connectivity index (χ1) is 9.45.